The summed E-state index contributed by atoms with van der Waals surface area (Å²) in [5.41, 5.74) is 19.5. The molecule has 15 heteroatoms. The number of para-hydroxylation sites is 3. The number of phenolic OH excluding ortho intramolecular Hbond substituents is 1. The van der Waals surface area contributed by atoms with Crippen molar-refractivity contribution in [2.45, 2.75) is 51.9 Å². The number of allylic oxidation sites excluding steroid dienone is 1. The van der Waals surface area contributed by atoms with Gasteiger partial charge in [-0.3, -0.25) is 18.4 Å². The highest BCUT2D eigenvalue weighted by Crippen LogP contribution is 2.52. The van der Waals surface area contributed by atoms with Gasteiger partial charge in [0.1, 0.15) is 28.6 Å². The Hall–Kier alpha value is -8.56. The minimum Gasteiger partial charge on any atom is -0.506 e. The van der Waals surface area contributed by atoms with Gasteiger partial charge in [0.15, 0.2) is 5.13 Å². The predicted octanol–water partition coefficient (Wildman–Crippen LogP) is 11.8. The third-order valence-corrected chi connectivity index (χ3v) is 14.0. The van der Waals surface area contributed by atoms with Crippen LogP contribution in [0.1, 0.15) is 82.3 Å². The zero-order valence-electron chi connectivity index (χ0n) is 39.1. The van der Waals surface area contributed by atoms with E-state index in [-0.39, 0.29) is 23.5 Å². The highest BCUT2D eigenvalue weighted by Gasteiger charge is 2.40. The fourth-order valence-corrected chi connectivity index (χ4v) is 9.94. The lowest BCUT2D eigenvalue weighted by Gasteiger charge is -2.14. The number of aromatic hydroxyl groups is 1. The first kappa shape index (κ1) is 44.9. The summed E-state index contributed by atoms with van der Waals surface area (Å²) in [5, 5.41) is 25.4. The molecule has 14 nitrogen and oxygen atoms in total. The molecule has 0 bridgehead atoms. The van der Waals surface area contributed by atoms with Gasteiger partial charge in [0.2, 0.25) is 0 Å². The summed E-state index contributed by atoms with van der Waals surface area (Å²) < 4.78 is 4.30. The lowest BCUT2D eigenvalue weighted by Crippen LogP contribution is -2.14. The molecule has 2 aliphatic rings. The Bertz CT molecular complexity index is 3530. The summed E-state index contributed by atoms with van der Waals surface area (Å²) >= 11 is 1.52. The molecule has 354 valence electrons. The molecule has 9 aromatic rings. The molecule has 11 rings (SSSR count). The van der Waals surface area contributed by atoms with Crippen molar-refractivity contribution < 1.29 is 14.7 Å². The number of amides is 2. The van der Waals surface area contributed by atoms with E-state index in [1.54, 1.807) is 42.5 Å². The van der Waals surface area contributed by atoms with Crippen LogP contribution in [0, 0.1) is 11.8 Å². The zero-order chi connectivity index (χ0) is 48.6. The molecule has 7 N–H and O–H groups in total. The van der Waals surface area contributed by atoms with Crippen LogP contribution in [0.4, 0.5) is 33.6 Å². The molecular formula is C56H51N11O3S. The molecule has 0 spiro atoms. The summed E-state index contributed by atoms with van der Waals surface area (Å²) in [6.45, 7) is 3.85. The predicted molar refractivity (Wildman–Crippen MR) is 284 cm³/mol. The number of anilines is 6. The number of phenols is 1. The van der Waals surface area contributed by atoms with Crippen molar-refractivity contribution in [3.8, 4) is 17.1 Å². The third-order valence-electron chi connectivity index (χ3n) is 13.2. The van der Waals surface area contributed by atoms with Gasteiger partial charge >= 0.3 is 0 Å². The van der Waals surface area contributed by atoms with Gasteiger partial charge in [0.25, 0.3) is 11.8 Å². The van der Waals surface area contributed by atoms with E-state index in [1.165, 1.54) is 35.8 Å². The number of nitrogens with two attached hydrogens (primary N) is 1. The number of carbonyl (C=O) groups is 2. The number of nitrogens with one attached hydrogen (secondary N) is 4. The van der Waals surface area contributed by atoms with Crippen LogP contribution in [0.2, 0.25) is 0 Å². The topological polar surface area (TPSA) is 188 Å². The second kappa shape index (κ2) is 19.1. The van der Waals surface area contributed by atoms with Crippen LogP contribution in [0.15, 0.2) is 156 Å². The SMILES string of the molecule is C/C=C(\N=C(C)Nc1ccc(C(=O)Nc2ccccc2O)cc1)c1cnc2cccc(CC3CC3c3cccc(NC(=O)c4ccc(Nc5nc(-c6cnc7ccc(CC8CC8)cn67)cs5)cc4)c3N)n12. The summed E-state index contributed by atoms with van der Waals surface area (Å²) in [4.78, 5) is 45.6. The number of aromatic nitrogens is 5. The number of pyridine rings is 2. The molecule has 0 aliphatic heterocycles. The molecule has 2 fully saturated rings. The van der Waals surface area contributed by atoms with Crippen LogP contribution < -0.4 is 27.0 Å². The van der Waals surface area contributed by atoms with E-state index in [0.717, 1.165) is 87.0 Å². The Morgan fingerprint density at radius 2 is 1.52 bits per heavy atom. The van der Waals surface area contributed by atoms with Gasteiger partial charge in [0.05, 0.1) is 46.5 Å². The minimum absolute atomic E-state index is 0.00391. The normalized spacial score (nSPS) is 15.7. The minimum atomic E-state index is -0.325. The van der Waals surface area contributed by atoms with Gasteiger partial charge in [-0.2, -0.15) is 0 Å². The highest BCUT2D eigenvalue weighted by molar-refractivity contribution is 7.14. The van der Waals surface area contributed by atoms with E-state index in [2.05, 4.69) is 65.5 Å². The van der Waals surface area contributed by atoms with E-state index in [1.807, 2.05) is 86.2 Å². The second-order valence-corrected chi connectivity index (χ2v) is 19.1. The van der Waals surface area contributed by atoms with E-state index in [4.69, 9.17) is 20.7 Å². The highest BCUT2D eigenvalue weighted by atomic mass is 32.1. The molecule has 2 aliphatic carbocycles. The Labute approximate surface area is 414 Å². The molecule has 4 aromatic carbocycles. The lowest BCUT2D eigenvalue weighted by atomic mass is 10.0. The number of nitrogens with zero attached hydrogens (tertiary/aromatic N) is 6. The number of aliphatic imine (C=N–C) groups is 1. The summed E-state index contributed by atoms with van der Waals surface area (Å²) in [7, 11) is 0. The van der Waals surface area contributed by atoms with Crippen LogP contribution in [-0.4, -0.2) is 46.5 Å². The van der Waals surface area contributed by atoms with Crippen molar-refractivity contribution in [1.29, 1.82) is 0 Å². The van der Waals surface area contributed by atoms with Gasteiger partial charge in [-0.05, 0) is 160 Å². The van der Waals surface area contributed by atoms with Gasteiger partial charge in [-0.15, -0.1) is 11.3 Å². The van der Waals surface area contributed by atoms with E-state index < -0.39 is 0 Å². The molecular weight excluding hydrogens is 907 g/mol. The Morgan fingerprint density at radius 1 is 0.803 bits per heavy atom. The Kier molecular flexibility index (Phi) is 12.1. The average Bonchev–Trinajstić information content (AvgIpc) is 4.18. The monoisotopic (exact) mass is 957 g/mol. The van der Waals surface area contributed by atoms with Crippen molar-refractivity contribution in [2.75, 3.05) is 27.0 Å². The number of imidazole rings is 2. The van der Waals surface area contributed by atoms with Gasteiger partial charge in [0, 0.05) is 39.8 Å². The number of nitrogen functional groups attached to an aromatic ring is 1. The standard InChI is InChI=1S/C56H51N11O3S/c1-3-44(61-33(2)60-39-21-17-36(18-22-39)54(69)63-45-10-4-5-12-50(45)68)49-30-59-52-13-6-8-41(67(49)52)27-38-28-43(38)42-9-7-11-46(53(42)57)64-55(70)37-19-23-40(24-20-37)62-56-65-47(32-71-56)48-29-58-51-25-16-35(31-66(48)51)26-34-14-15-34/h3-13,16-25,29-32,34,38,43,68H,14-15,26-28,57H2,1-2H3,(H,60,61)(H,62,65)(H,63,69)(H,64,70)/b44-3-. The lowest BCUT2D eigenvalue weighted by molar-refractivity contribution is 0.101. The summed E-state index contributed by atoms with van der Waals surface area (Å²) in [5.74, 6) is 1.48. The summed E-state index contributed by atoms with van der Waals surface area (Å²) in [6.07, 6.45) is 13.4. The van der Waals surface area contributed by atoms with E-state index >= 15 is 0 Å². The molecule has 0 radical (unpaired) electrons. The largest absolute Gasteiger partial charge is 0.506 e. The number of carbonyl (C=O) groups excluding carboxylic acids is 2. The van der Waals surface area contributed by atoms with Crippen LogP contribution in [0.25, 0.3) is 28.4 Å². The van der Waals surface area contributed by atoms with Crippen LogP contribution >= 0.6 is 11.3 Å². The molecule has 2 saturated carbocycles. The molecule has 2 atom stereocenters. The number of fused-ring (bicyclic) bond motifs is 2. The second-order valence-electron chi connectivity index (χ2n) is 18.3. The van der Waals surface area contributed by atoms with Crippen molar-refractivity contribution in [1.82, 2.24) is 23.8 Å². The maximum atomic E-state index is 13.6. The maximum absolute atomic E-state index is 13.6. The Balaban J connectivity index is 0.714. The van der Waals surface area contributed by atoms with E-state index in [0.29, 0.717) is 39.9 Å². The first-order chi connectivity index (χ1) is 34.6. The maximum Gasteiger partial charge on any atom is 0.255 e. The molecule has 0 saturated heterocycles. The van der Waals surface area contributed by atoms with Gasteiger partial charge < -0.3 is 32.1 Å². The van der Waals surface area contributed by atoms with Crippen molar-refractivity contribution in [3.63, 3.8) is 0 Å². The van der Waals surface area contributed by atoms with Gasteiger partial charge in [-0.1, -0.05) is 42.5 Å². The van der Waals surface area contributed by atoms with Crippen LogP contribution in [0.5, 0.6) is 5.75 Å². The smallest absolute Gasteiger partial charge is 0.255 e. The van der Waals surface area contributed by atoms with Crippen molar-refractivity contribution >= 4 is 79.5 Å². The number of amidine groups is 1. The van der Waals surface area contributed by atoms with Crippen molar-refractivity contribution in [3.05, 3.63) is 185 Å². The molecule has 71 heavy (non-hydrogen) atoms. The third kappa shape index (κ3) is 9.72. The molecule has 5 heterocycles. The fourth-order valence-electron chi connectivity index (χ4n) is 9.21. The zero-order valence-corrected chi connectivity index (χ0v) is 40.0. The van der Waals surface area contributed by atoms with Crippen LogP contribution in [-0.2, 0) is 12.8 Å². The van der Waals surface area contributed by atoms with Crippen molar-refractivity contribution in [2.24, 2.45) is 16.8 Å². The molecule has 5 aromatic heterocycles. The van der Waals surface area contributed by atoms with Crippen LogP contribution in [0.3, 0.4) is 0 Å². The number of benzene rings is 4. The average molecular weight is 958 g/mol. The summed E-state index contributed by atoms with van der Waals surface area (Å²) in [6, 6.07) is 37.3. The number of hydrogen-bond donors (Lipinski definition) is 6. The number of rotatable bonds is 15. The quantitative estimate of drug-likeness (QED) is 0.0251. The first-order valence-corrected chi connectivity index (χ1v) is 24.6. The number of hydrogen-bond acceptors (Lipinski definition) is 10. The van der Waals surface area contributed by atoms with E-state index in [9.17, 15) is 14.7 Å². The first-order valence-electron chi connectivity index (χ1n) is 23.8. The fraction of sp³-hybridized carbons (Fsp3) is 0.179. The molecule has 2 unspecified atom stereocenters. The molecule has 2 amide bonds. The van der Waals surface area contributed by atoms with Gasteiger partial charge in [-0.25, -0.2) is 19.9 Å². The Morgan fingerprint density at radius 3 is 2.28 bits per heavy atom. The number of thiazole rings is 1.